The Hall–Kier alpha value is -2.11. The van der Waals surface area contributed by atoms with Crippen LogP contribution in [0.25, 0.3) is 0 Å². The van der Waals surface area contributed by atoms with E-state index in [9.17, 15) is 4.79 Å². The first-order chi connectivity index (χ1) is 11.7. The van der Waals surface area contributed by atoms with Crippen LogP contribution in [0.4, 0.5) is 0 Å². The van der Waals surface area contributed by atoms with Crippen LogP contribution >= 0.6 is 0 Å². The normalized spacial score (nSPS) is 18.4. The van der Waals surface area contributed by atoms with Crippen LogP contribution in [0.15, 0.2) is 18.5 Å². The molecule has 2 aromatic heterocycles. The Morgan fingerprint density at radius 2 is 2.04 bits per heavy atom. The minimum atomic E-state index is -0.147. The number of carbonyl (C=O) groups excluding carboxylic acids is 1. The van der Waals surface area contributed by atoms with Gasteiger partial charge in [0.25, 0.3) is 5.91 Å². The molecule has 1 atom stereocenters. The second kappa shape index (κ2) is 6.32. The predicted molar refractivity (Wildman–Crippen MR) is 97.5 cm³/mol. The Morgan fingerprint density at radius 3 is 2.56 bits per heavy atom. The summed E-state index contributed by atoms with van der Waals surface area (Å²) in [7, 11) is 1.91. The van der Waals surface area contributed by atoms with Gasteiger partial charge in [0.05, 0.1) is 17.8 Å². The van der Waals surface area contributed by atoms with Gasteiger partial charge in [0.1, 0.15) is 0 Å². The number of aromatic nitrogens is 4. The molecule has 1 unspecified atom stereocenters. The summed E-state index contributed by atoms with van der Waals surface area (Å²) in [5.41, 5.74) is 2.61. The molecule has 0 spiro atoms. The van der Waals surface area contributed by atoms with Crippen LogP contribution in [-0.2, 0) is 12.6 Å². The quantitative estimate of drug-likeness (QED) is 0.857. The molecule has 0 N–H and O–H groups in total. The third-order valence-electron chi connectivity index (χ3n) is 4.81. The van der Waals surface area contributed by atoms with Crippen molar-refractivity contribution in [2.24, 2.45) is 7.05 Å². The van der Waals surface area contributed by atoms with Crippen molar-refractivity contribution in [3.05, 3.63) is 35.4 Å². The minimum absolute atomic E-state index is 0.0243. The zero-order chi connectivity index (χ0) is 18.4. The third kappa shape index (κ3) is 3.34. The second-order valence-corrected chi connectivity index (χ2v) is 8.30. The van der Waals surface area contributed by atoms with E-state index in [1.807, 2.05) is 35.1 Å². The molecule has 0 aromatic carbocycles. The van der Waals surface area contributed by atoms with Crippen molar-refractivity contribution in [3.8, 4) is 0 Å². The van der Waals surface area contributed by atoms with Crippen LogP contribution in [0, 0.1) is 0 Å². The number of nitrogens with zero attached hydrogens (tertiary/aromatic N) is 5. The molecule has 1 fully saturated rings. The molecular formula is C19H29N5O. The van der Waals surface area contributed by atoms with E-state index in [0.717, 1.165) is 30.6 Å². The fraction of sp³-hybridized carbons (Fsp3) is 0.632. The summed E-state index contributed by atoms with van der Waals surface area (Å²) in [5, 5.41) is 8.95. The van der Waals surface area contributed by atoms with Crippen molar-refractivity contribution in [2.45, 2.75) is 65.0 Å². The molecule has 1 aliphatic heterocycles. The molecule has 3 rings (SSSR count). The Labute approximate surface area is 149 Å². The van der Waals surface area contributed by atoms with Crippen molar-refractivity contribution < 1.29 is 4.79 Å². The van der Waals surface area contributed by atoms with Crippen molar-refractivity contribution in [1.29, 1.82) is 0 Å². The summed E-state index contributed by atoms with van der Waals surface area (Å²) in [5.74, 6) is 0.345. The smallest absolute Gasteiger partial charge is 0.274 e. The van der Waals surface area contributed by atoms with Gasteiger partial charge in [0.15, 0.2) is 5.69 Å². The summed E-state index contributed by atoms with van der Waals surface area (Å²) >= 11 is 0. The second-order valence-electron chi connectivity index (χ2n) is 8.30. The maximum absolute atomic E-state index is 13.2. The van der Waals surface area contributed by atoms with Crippen LogP contribution in [-0.4, -0.2) is 36.9 Å². The molecule has 3 heterocycles. The number of hydrogen-bond acceptors (Lipinski definition) is 3. The van der Waals surface area contributed by atoms with Gasteiger partial charge in [0.2, 0.25) is 0 Å². The van der Waals surface area contributed by atoms with Gasteiger partial charge in [0, 0.05) is 31.0 Å². The van der Waals surface area contributed by atoms with Crippen LogP contribution in [0.3, 0.4) is 0 Å². The Kier molecular flexibility index (Phi) is 4.47. The molecule has 6 nitrogen and oxygen atoms in total. The lowest BCUT2D eigenvalue weighted by molar-refractivity contribution is 0.0728. The SMILES string of the molecule is CC(C)c1cc(C(=O)N2CCCC2c2cnn(C)c2)nn1C(C)(C)C. The summed E-state index contributed by atoms with van der Waals surface area (Å²) in [6.07, 6.45) is 5.86. The Bertz CT molecular complexity index is 765. The van der Waals surface area contributed by atoms with Gasteiger partial charge < -0.3 is 4.90 Å². The summed E-state index contributed by atoms with van der Waals surface area (Å²) in [6, 6.07) is 2.07. The highest BCUT2D eigenvalue weighted by atomic mass is 16.2. The first-order valence-corrected chi connectivity index (χ1v) is 9.08. The maximum atomic E-state index is 13.2. The zero-order valence-electron chi connectivity index (χ0n) is 16.2. The Balaban J connectivity index is 1.92. The molecule has 0 saturated carbocycles. The standard InChI is InChI=1S/C19H29N5O/c1-13(2)17-10-15(21-24(17)19(3,4)5)18(25)23-9-7-8-16(23)14-11-20-22(6)12-14/h10-13,16H,7-9H2,1-6H3. The predicted octanol–water partition coefficient (Wildman–Crippen LogP) is 3.47. The third-order valence-corrected chi connectivity index (χ3v) is 4.81. The van der Waals surface area contributed by atoms with E-state index in [1.54, 1.807) is 4.68 Å². The van der Waals surface area contributed by atoms with Gasteiger partial charge in [-0.15, -0.1) is 0 Å². The average molecular weight is 343 g/mol. The lowest BCUT2D eigenvalue weighted by Gasteiger charge is -2.24. The van der Waals surface area contributed by atoms with Gasteiger partial charge in [-0.25, -0.2) is 0 Å². The van der Waals surface area contributed by atoms with E-state index in [1.165, 1.54) is 0 Å². The van der Waals surface area contributed by atoms with Gasteiger partial charge in [-0.3, -0.25) is 14.2 Å². The van der Waals surface area contributed by atoms with Crippen LogP contribution in [0.2, 0.25) is 0 Å². The number of rotatable bonds is 3. The van der Waals surface area contributed by atoms with E-state index in [4.69, 9.17) is 0 Å². The monoisotopic (exact) mass is 343 g/mol. The zero-order valence-corrected chi connectivity index (χ0v) is 16.2. The van der Waals surface area contributed by atoms with E-state index >= 15 is 0 Å². The topological polar surface area (TPSA) is 56.0 Å². The molecule has 1 saturated heterocycles. The van der Waals surface area contributed by atoms with Crippen LogP contribution in [0.1, 0.15) is 81.2 Å². The van der Waals surface area contributed by atoms with Crippen molar-refractivity contribution in [3.63, 3.8) is 0 Å². The fourth-order valence-electron chi connectivity index (χ4n) is 3.56. The number of amides is 1. The lowest BCUT2D eigenvalue weighted by Crippen LogP contribution is -2.31. The van der Waals surface area contributed by atoms with Crippen LogP contribution < -0.4 is 0 Å². The number of hydrogen-bond donors (Lipinski definition) is 0. The molecule has 6 heteroatoms. The largest absolute Gasteiger partial charge is 0.330 e. The molecule has 2 aromatic rings. The summed E-state index contributed by atoms with van der Waals surface area (Å²) in [6.45, 7) is 11.4. The fourth-order valence-corrected chi connectivity index (χ4v) is 3.56. The molecule has 1 amide bonds. The minimum Gasteiger partial charge on any atom is -0.330 e. The summed E-state index contributed by atoms with van der Waals surface area (Å²) < 4.78 is 3.79. The van der Waals surface area contributed by atoms with Crippen molar-refractivity contribution in [2.75, 3.05) is 6.54 Å². The van der Waals surface area contributed by atoms with Crippen molar-refractivity contribution in [1.82, 2.24) is 24.5 Å². The molecule has 0 aliphatic carbocycles. The first-order valence-electron chi connectivity index (χ1n) is 9.08. The Morgan fingerprint density at radius 1 is 1.32 bits per heavy atom. The molecule has 0 bridgehead atoms. The molecule has 0 radical (unpaired) electrons. The van der Waals surface area contributed by atoms with Gasteiger partial charge in [-0.1, -0.05) is 13.8 Å². The highest BCUT2D eigenvalue weighted by Gasteiger charge is 2.33. The van der Waals surface area contributed by atoms with E-state index < -0.39 is 0 Å². The van der Waals surface area contributed by atoms with Crippen molar-refractivity contribution >= 4 is 5.91 Å². The number of carbonyl (C=O) groups is 1. The van der Waals surface area contributed by atoms with E-state index in [-0.39, 0.29) is 17.5 Å². The van der Waals surface area contributed by atoms with Gasteiger partial charge in [-0.2, -0.15) is 10.2 Å². The van der Waals surface area contributed by atoms with E-state index in [2.05, 4.69) is 44.8 Å². The maximum Gasteiger partial charge on any atom is 0.274 e. The lowest BCUT2D eigenvalue weighted by atomic mass is 10.1. The van der Waals surface area contributed by atoms with E-state index in [0.29, 0.717) is 11.6 Å². The number of aryl methyl sites for hydroxylation is 1. The molecular weight excluding hydrogens is 314 g/mol. The molecule has 25 heavy (non-hydrogen) atoms. The molecule has 1 aliphatic rings. The highest BCUT2D eigenvalue weighted by Crippen LogP contribution is 2.33. The first kappa shape index (κ1) is 17.7. The van der Waals surface area contributed by atoms with Crippen LogP contribution in [0.5, 0.6) is 0 Å². The molecule has 136 valence electrons. The van der Waals surface area contributed by atoms with Gasteiger partial charge >= 0.3 is 0 Å². The summed E-state index contributed by atoms with van der Waals surface area (Å²) in [4.78, 5) is 15.1. The van der Waals surface area contributed by atoms with Gasteiger partial charge in [-0.05, 0) is 45.6 Å². The average Bonchev–Trinajstić information content (AvgIpc) is 3.23. The number of likely N-dealkylation sites (tertiary alicyclic amines) is 1. The highest BCUT2D eigenvalue weighted by molar-refractivity contribution is 5.93.